The van der Waals surface area contributed by atoms with Crippen LogP contribution < -0.4 is 5.32 Å². The second kappa shape index (κ2) is 6.23. The molecule has 0 aliphatic rings. The summed E-state index contributed by atoms with van der Waals surface area (Å²) < 4.78 is 0. The maximum atomic E-state index is 6.05. The van der Waals surface area contributed by atoms with Gasteiger partial charge in [0, 0.05) is 11.1 Å². The lowest BCUT2D eigenvalue weighted by Crippen LogP contribution is -2.19. The maximum absolute atomic E-state index is 6.05. The molecule has 2 heteroatoms. The van der Waals surface area contributed by atoms with Gasteiger partial charge in [-0.1, -0.05) is 47.5 Å². The molecule has 1 atom stereocenters. The zero-order chi connectivity index (χ0) is 13.8. The molecule has 0 radical (unpaired) electrons. The Labute approximate surface area is 120 Å². The first-order valence-electron chi connectivity index (χ1n) is 6.59. The highest BCUT2D eigenvalue weighted by molar-refractivity contribution is 6.30. The summed E-state index contributed by atoms with van der Waals surface area (Å²) in [6, 6.07) is 15.0. The number of benzene rings is 2. The summed E-state index contributed by atoms with van der Waals surface area (Å²) in [6.07, 6.45) is 0.945. The van der Waals surface area contributed by atoms with Crippen LogP contribution in [0.1, 0.15) is 28.3 Å². The molecule has 2 aromatic rings. The van der Waals surface area contributed by atoms with E-state index in [2.05, 4.69) is 43.4 Å². The van der Waals surface area contributed by atoms with Crippen molar-refractivity contribution >= 4 is 11.6 Å². The number of hydrogen-bond acceptors (Lipinski definition) is 1. The van der Waals surface area contributed by atoms with E-state index in [1.54, 1.807) is 0 Å². The Kier molecular flexibility index (Phi) is 4.62. The molecule has 1 nitrogen and oxygen atoms in total. The molecule has 0 aliphatic carbocycles. The molecule has 1 N–H and O–H groups in total. The highest BCUT2D eigenvalue weighted by atomic mass is 35.5. The van der Waals surface area contributed by atoms with E-state index in [4.69, 9.17) is 11.6 Å². The van der Waals surface area contributed by atoms with Gasteiger partial charge in [0.2, 0.25) is 0 Å². The Bertz CT molecular complexity index is 563. The number of nitrogens with one attached hydrogen (secondary N) is 1. The summed E-state index contributed by atoms with van der Waals surface area (Å²) in [5.74, 6) is 0. The van der Waals surface area contributed by atoms with Crippen molar-refractivity contribution < 1.29 is 0 Å². The SMILES string of the molecule is CNC(Cc1cccc(Cl)c1)c1ccc(C)cc1C. The van der Waals surface area contributed by atoms with Gasteiger partial charge in [0.15, 0.2) is 0 Å². The molecule has 19 heavy (non-hydrogen) atoms. The molecule has 100 valence electrons. The molecule has 1 unspecified atom stereocenters. The lowest BCUT2D eigenvalue weighted by Gasteiger charge is -2.19. The van der Waals surface area contributed by atoms with E-state index in [1.807, 2.05) is 25.2 Å². The van der Waals surface area contributed by atoms with E-state index in [0.29, 0.717) is 6.04 Å². The van der Waals surface area contributed by atoms with Crippen LogP contribution in [0.3, 0.4) is 0 Å². The van der Waals surface area contributed by atoms with Crippen LogP contribution in [0.2, 0.25) is 5.02 Å². The smallest absolute Gasteiger partial charge is 0.0408 e. The summed E-state index contributed by atoms with van der Waals surface area (Å²) in [7, 11) is 2.01. The molecule has 0 amide bonds. The average Bonchev–Trinajstić information content (AvgIpc) is 2.37. The van der Waals surface area contributed by atoms with Crippen molar-refractivity contribution in [3.8, 4) is 0 Å². The fourth-order valence-corrected chi connectivity index (χ4v) is 2.70. The van der Waals surface area contributed by atoms with Crippen molar-refractivity contribution in [3.63, 3.8) is 0 Å². The van der Waals surface area contributed by atoms with Crippen LogP contribution >= 0.6 is 11.6 Å². The van der Waals surface area contributed by atoms with E-state index < -0.39 is 0 Å². The first-order valence-corrected chi connectivity index (χ1v) is 6.97. The standard InChI is InChI=1S/C17H20ClN/c1-12-7-8-16(13(2)9-12)17(19-3)11-14-5-4-6-15(18)10-14/h4-10,17,19H,11H2,1-3H3. The average molecular weight is 274 g/mol. The van der Waals surface area contributed by atoms with Crippen molar-refractivity contribution in [3.05, 3.63) is 69.7 Å². The van der Waals surface area contributed by atoms with E-state index in [0.717, 1.165) is 11.4 Å². The van der Waals surface area contributed by atoms with Gasteiger partial charge in [-0.2, -0.15) is 0 Å². The van der Waals surface area contributed by atoms with Crippen LogP contribution in [0.25, 0.3) is 0 Å². The maximum Gasteiger partial charge on any atom is 0.0408 e. The Morgan fingerprint density at radius 2 is 1.89 bits per heavy atom. The van der Waals surface area contributed by atoms with Gasteiger partial charge in [-0.3, -0.25) is 0 Å². The highest BCUT2D eigenvalue weighted by Crippen LogP contribution is 2.23. The van der Waals surface area contributed by atoms with Gasteiger partial charge < -0.3 is 5.32 Å². The zero-order valence-corrected chi connectivity index (χ0v) is 12.5. The fraction of sp³-hybridized carbons (Fsp3) is 0.294. The Hall–Kier alpha value is -1.31. The minimum atomic E-state index is 0.319. The van der Waals surface area contributed by atoms with Gasteiger partial charge in [-0.15, -0.1) is 0 Å². The quantitative estimate of drug-likeness (QED) is 0.867. The number of likely N-dealkylation sites (N-methyl/N-ethyl adjacent to an activating group) is 1. The van der Waals surface area contributed by atoms with Gasteiger partial charge in [-0.05, 0) is 56.1 Å². The minimum Gasteiger partial charge on any atom is -0.313 e. The molecular weight excluding hydrogens is 254 g/mol. The first-order chi connectivity index (χ1) is 9.10. The normalized spacial score (nSPS) is 12.4. The number of aryl methyl sites for hydroxylation is 2. The Balaban J connectivity index is 2.25. The Morgan fingerprint density at radius 3 is 2.53 bits per heavy atom. The highest BCUT2D eigenvalue weighted by Gasteiger charge is 2.12. The monoisotopic (exact) mass is 273 g/mol. The number of rotatable bonds is 4. The predicted octanol–water partition coefficient (Wildman–Crippen LogP) is 4.46. The summed E-state index contributed by atoms with van der Waals surface area (Å²) in [5, 5.41) is 4.20. The van der Waals surface area contributed by atoms with Crippen molar-refractivity contribution in [2.45, 2.75) is 26.3 Å². The zero-order valence-electron chi connectivity index (χ0n) is 11.7. The third-order valence-electron chi connectivity index (χ3n) is 3.48. The first kappa shape index (κ1) is 14.1. The van der Waals surface area contributed by atoms with Gasteiger partial charge in [0.05, 0.1) is 0 Å². The van der Waals surface area contributed by atoms with Crippen LogP contribution in [-0.2, 0) is 6.42 Å². The second-order valence-electron chi connectivity index (χ2n) is 5.04. The van der Waals surface area contributed by atoms with Gasteiger partial charge in [0.1, 0.15) is 0 Å². The molecule has 0 saturated heterocycles. The summed E-state index contributed by atoms with van der Waals surface area (Å²) in [5.41, 5.74) is 5.25. The van der Waals surface area contributed by atoms with Crippen LogP contribution in [0.5, 0.6) is 0 Å². The lowest BCUT2D eigenvalue weighted by atomic mass is 9.94. The Morgan fingerprint density at radius 1 is 1.11 bits per heavy atom. The van der Waals surface area contributed by atoms with Crippen molar-refractivity contribution in [2.75, 3.05) is 7.05 Å². The predicted molar refractivity (Wildman–Crippen MR) is 82.9 cm³/mol. The number of hydrogen-bond donors (Lipinski definition) is 1. The van der Waals surface area contributed by atoms with Crippen molar-refractivity contribution in [2.24, 2.45) is 0 Å². The number of halogens is 1. The molecule has 0 heterocycles. The van der Waals surface area contributed by atoms with Crippen LogP contribution in [0.4, 0.5) is 0 Å². The van der Waals surface area contributed by atoms with Gasteiger partial charge in [0.25, 0.3) is 0 Å². The topological polar surface area (TPSA) is 12.0 Å². The molecule has 0 aliphatic heterocycles. The van der Waals surface area contributed by atoms with E-state index >= 15 is 0 Å². The molecule has 2 aromatic carbocycles. The second-order valence-corrected chi connectivity index (χ2v) is 5.47. The minimum absolute atomic E-state index is 0.319. The molecule has 2 rings (SSSR count). The summed E-state index contributed by atoms with van der Waals surface area (Å²) >= 11 is 6.05. The third kappa shape index (κ3) is 3.59. The molecule has 0 fully saturated rings. The van der Waals surface area contributed by atoms with Crippen LogP contribution in [0, 0.1) is 13.8 Å². The third-order valence-corrected chi connectivity index (χ3v) is 3.71. The lowest BCUT2D eigenvalue weighted by molar-refractivity contribution is 0.589. The van der Waals surface area contributed by atoms with Crippen LogP contribution in [0.15, 0.2) is 42.5 Å². The van der Waals surface area contributed by atoms with E-state index in [9.17, 15) is 0 Å². The van der Waals surface area contributed by atoms with Crippen molar-refractivity contribution in [1.29, 1.82) is 0 Å². The van der Waals surface area contributed by atoms with Gasteiger partial charge in [-0.25, -0.2) is 0 Å². The molecule has 0 saturated carbocycles. The summed E-state index contributed by atoms with van der Waals surface area (Å²) in [6.45, 7) is 4.30. The summed E-state index contributed by atoms with van der Waals surface area (Å²) in [4.78, 5) is 0. The van der Waals surface area contributed by atoms with E-state index in [-0.39, 0.29) is 0 Å². The molecule has 0 spiro atoms. The largest absolute Gasteiger partial charge is 0.313 e. The van der Waals surface area contributed by atoms with Crippen molar-refractivity contribution in [1.82, 2.24) is 5.32 Å². The molecule has 0 bridgehead atoms. The van der Waals surface area contributed by atoms with E-state index in [1.165, 1.54) is 22.3 Å². The van der Waals surface area contributed by atoms with Crippen LogP contribution in [-0.4, -0.2) is 7.05 Å². The molecular formula is C17H20ClN. The molecule has 0 aromatic heterocycles. The van der Waals surface area contributed by atoms with Gasteiger partial charge >= 0.3 is 0 Å². The fourth-order valence-electron chi connectivity index (χ4n) is 2.48.